The van der Waals surface area contributed by atoms with Crippen LogP contribution in [0.25, 0.3) is 0 Å². The summed E-state index contributed by atoms with van der Waals surface area (Å²) < 4.78 is 0. The molecule has 0 atom stereocenters. The molecule has 0 spiro atoms. The highest BCUT2D eigenvalue weighted by Gasteiger charge is 2.19. The summed E-state index contributed by atoms with van der Waals surface area (Å²) in [6.45, 7) is 13.5. The van der Waals surface area contributed by atoms with Gasteiger partial charge in [0.1, 0.15) is 11.4 Å². The van der Waals surface area contributed by atoms with E-state index in [0.29, 0.717) is 11.4 Å². The third kappa shape index (κ3) is 23.3. The van der Waals surface area contributed by atoms with Gasteiger partial charge in [-0.2, -0.15) is 0 Å². The quantitative estimate of drug-likeness (QED) is 0.0528. The first-order valence-corrected chi connectivity index (χ1v) is 22.5. The van der Waals surface area contributed by atoms with Gasteiger partial charge in [-0.3, -0.25) is 9.59 Å². The molecule has 0 saturated heterocycles. The Bertz CT molecular complexity index is 921. The molecule has 0 aliphatic carbocycles. The van der Waals surface area contributed by atoms with Crippen LogP contribution in [0.4, 0.5) is 11.4 Å². The Morgan fingerprint density at radius 1 is 0.420 bits per heavy atom. The van der Waals surface area contributed by atoms with Crippen molar-refractivity contribution in [3.8, 4) is 0 Å². The van der Waals surface area contributed by atoms with Crippen molar-refractivity contribution in [3.05, 3.63) is 20.4 Å². The number of nitrogens with one attached hydrogen (secondary N) is 2. The molecule has 5 heteroatoms. The van der Waals surface area contributed by atoms with Gasteiger partial charge < -0.3 is 15.5 Å². The van der Waals surface area contributed by atoms with E-state index in [4.69, 9.17) is 0 Å². The number of nitrogens with zero attached hydrogens (tertiary/aromatic N) is 1. The van der Waals surface area contributed by atoms with Crippen molar-refractivity contribution in [1.82, 2.24) is 4.90 Å². The summed E-state index contributed by atoms with van der Waals surface area (Å²) in [5.41, 5.74) is 0.166. The second kappa shape index (κ2) is 33.5. The van der Waals surface area contributed by atoms with E-state index in [9.17, 15) is 9.59 Å². The molecular weight excluding hydrogens is 615 g/mol. The molecule has 0 radical (unpaired) electrons. The fourth-order valence-electron chi connectivity index (χ4n) is 8.00. The summed E-state index contributed by atoms with van der Waals surface area (Å²) in [4.78, 5) is 26.3. The second-order valence-corrected chi connectivity index (χ2v) is 16.0. The maximum Gasteiger partial charge on any atom is 0.253 e. The monoisotopic (exact) mass is 702 g/mol. The Morgan fingerprint density at radius 2 is 0.760 bits per heavy atom. The average molecular weight is 702 g/mol. The highest BCUT2D eigenvalue weighted by atomic mass is 16.2. The number of hydrogen-bond donors (Lipinski definition) is 2. The number of hydrogen-bond acceptors (Lipinski definition) is 5. The van der Waals surface area contributed by atoms with E-state index < -0.39 is 5.43 Å². The van der Waals surface area contributed by atoms with E-state index in [1.165, 1.54) is 199 Å². The third-order valence-corrected chi connectivity index (χ3v) is 11.4. The molecule has 0 unspecified atom stereocenters. The van der Waals surface area contributed by atoms with E-state index in [-0.39, 0.29) is 5.43 Å². The van der Waals surface area contributed by atoms with Crippen molar-refractivity contribution < 1.29 is 0 Å². The van der Waals surface area contributed by atoms with Crippen LogP contribution in [-0.4, -0.2) is 38.1 Å². The summed E-state index contributed by atoms with van der Waals surface area (Å²) in [7, 11) is 1.71. The molecule has 0 amide bonds. The fraction of sp³-hybridized carbons (Fsp3) is 0.911. The van der Waals surface area contributed by atoms with Gasteiger partial charge >= 0.3 is 0 Å². The minimum atomic E-state index is -0.390. The van der Waals surface area contributed by atoms with Crippen LogP contribution in [0.2, 0.25) is 0 Å². The first kappa shape index (κ1) is 46.7. The predicted molar refractivity (Wildman–Crippen MR) is 224 cm³/mol. The van der Waals surface area contributed by atoms with Crippen LogP contribution in [0.5, 0.6) is 0 Å². The molecule has 1 aromatic carbocycles. The Labute approximate surface area is 312 Å². The average Bonchev–Trinajstić information content (AvgIpc) is 3.12. The summed E-state index contributed by atoms with van der Waals surface area (Å²) >= 11 is 0. The van der Waals surface area contributed by atoms with Gasteiger partial charge in [-0.1, -0.05) is 201 Å². The lowest BCUT2D eigenvalue weighted by atomic mass is 9.90. The lowest BCUT2D eigenvalue weighted by Crippen LogP contribution is -2.37. The van der Waals surface area contributed by atoms with Gasteiger partial charge in [-0.25, -0.2) is 0 Å². The van der Waals surface area contributed by atoms with Crippen molar-refractivity contribution in [3.63, 3.8) is 0 Å². The smallest absolute Gasteiger partial charge is 0.253 e. The Balaban J connectivity index is 2.33. The van der Waals surface area contributed by atoms with Gasteiger partial charge in [0, 0.05) is 13.6 Å². The zero-order chi connectivity index (χ0) is 36.5. The minimum absolute atomic E-state index is 0.373. The van der Waals surface area contributed by atoms with Crippen molar-refractivity contribution in [2.24, 2.45) is 11.8 Å². The molecule has 2 N–H and O–H groups in total. The highest BCUT2D eigenvalue weighted by Crippen LogP contribution is 2.25. The predicted octanol–water partition coefficient (Wildman–Crippen LogP) is 13.1. The maximum atomic E-state index is 11.9. The lowest BCUT2D eigenvalue weighted by Gasteiger charge is -2.23. The molecule has 5 nitrogen and oxygen atoms in total. The molecule has 294 valence electrons. The fourth-order valence-corrected chi connectivity index (χ4v) is 8.00. The Hall–Kier alpha value is -1.36. The number of anilines is 2. The lowest BCUT2D eigenvalue weighted by molar-refractivity contribution is 0.259. The van der Waals surface area contributed by atoms with Crippen molar-refractivity contribution in [2.45, 2.75) is 220 Å². The van der Waals surface area contributed by atoms with Gasteiger partial charge in [0.15, 0.2) is 0 Å². The second-order valence-electron chi connectivity index (χ2n) is 16.0. The molecule has 0 saturated carbocycles. The molecule has 50 heavy (non-hydrogen) atoms. The van der Waals surface area contributed by atoms with E-state index in [2.05, 4.69) is 43.2 Å². The summed E-state index contributed by atoms with van der Waals surface area (Å²) in [6, 6.07) is 0. The van der Waals surface area contributed by atoms with E-state index >= 15 is 0 Å². The molecular formula is C45H87N3O2. The van der Waals surface area contributed by atoms with E-state index in [1.807, 2.05) is 0 Å². The molecule has 1 rings (SSSR count). The van der Waals surface area contributed by atoms with Crippen LogP contribution in [0.15, 0.2) is 9.59 Å². The molecule has 0 aliphatic heterocycles. The third-order valence-electron chi connectivity index (χ3n) is 11.4. The van der Waals surface area contributed by atoms with Gasteiger partial charge in [-0.05, 0) is 50.7 Å². The van der Waals surface area contributed by atoms with Crippen LogP contribution in [0, 0.1) is 11.8 Å². The van der Waals surface area contributed by atoms with Gasteiger partial charge in [-0.15, -0.1) is 0 Å². The summed E-state index contributed by atoms with van der Waals surface area (Å²) in [5, 5.41) is 6.11. The molecule has 0 aliphatic rings. The Kier molecular flexibility index (Phi) is 31.2. The SMILES string of the molecule is CCCCCC(CCCCC)CCCCCCCCN(CCCCCCCCCC(CCCC)CCCC)CCCNc1c(NC)c(=O)c1=O. The molecule has 0 fully saturated rings. The van der Waals surface area contributed by atoms with Crippen LogP contribution in [0.1, 0.15) is 220 Å². The first-order chi connectivity index (χ1) is 24.5. The minimum Gasteiger partial charge on any atom is -0.383 e. The van der Waals surface area contributed by atoms with Crippen LogP contribution >= 0.6 is 0 Å². The topological polar surface area (TPSA) is 61.4 Å². The highest BCUT2D eigenvalue weighted by molar-refractivity contribution is 5.73. The molecule has 0 aromatic heterocycles. The standard InChI is InChI=1S/C45H87N3O2/c1-6-10-23-32-41(33-24-11-7-2)35-26-20-16-18-22-28-38-48(39-29-36-47-43-42(46-5)44(49)45(43)50)37-27-21-17-14-15-19-25-34-40(30-12-8-3)31-13-9-4/h40-41,46-47H,6-39H2,1-5H3. The summed E-state index contributed by atoms with van der Waals surface area (Å²) in [5.74, 6) is 1.96. The normalized spacial score (nSPS) is 11.9. The Morgan fingerprint density at radius 3 is 1.18 bits per heavy atom. The zero-order valence-corrected chi connectivity index (χ0v) is 34.5. The maximum absolute atomic E-state index is 11.9. The molecule has 0 heterocycles. The number of rotatable bonds is 39. The van der Waals surface area contributed by atoms with Gasteiger partial charge in [0.25, 0.3) is 10.9 Å². The van der Waals surface area contributed by atoms with Gasteiger partial charge in [0.05, 0.1) is 0 Å². The van der Waals surface area contributed by atoms with Crippen molar-refractivity contribution in [2.75, 3.05) is 43.9 Å². The van der Waals surface area contributed by atoms with Crippen molar-refractivity contribution >= 4 is 11.4 Å². The zero-order valence-electron chi connectivity index (χ0n) is 34.5. The van der Waals surface area contributed by atoms with Crippen molar-refractivity contribution in [1.29, 1.82) is 0 Å². The first-order valence-electron chi connectivity index (χ1n) is 22.5. The largest absolute Gasteiger partial charge is 0.383 e. The van der Waals surface area contributed by atoms with Crippen LogP contribution in [0.3, 0.4) is 0 Å². The number of unbranched alkanes of at least 4 members (excludes halogenated alkanes) is 17. The van der Waals surface area contributed by atoms with E-state index in [0.717, 1.165) is 31.3 Å². The van der Waals surface area contributed by atoms with E-state index in [1.54, 1.807) is 7.05 Å². The summed E-state index contributed by atoms with van der Waals surface area (Å²) in [6.07, 6.45) is 41.6. The molecule has 0 bridgehead atoms. The molecule has 1 aromatic rings. The van der Waals surface area contributed by atoms with Crippen LogP contribution < -0.4 is 21.5 Å². The van der Waals surface area contributed by atoms with Crippen LogP contribution in [-0.2, 0) is 0 Å². The van der Waals surface area contributed by atoms with Gasteiger partial charge in [0.2, 0.25) is 0 Å².